The zero-order chi connectivity index (χ0) is 13.5. The van der Waals surface area contributed by atoms with E-state index in [0.717, 1.165) is 17.1 Å². The Morgan fingerprint density at radius 2 is 1.68 bits per heavy atom. The molecule has 0 aliphatic rings. The summed E-state index contributed by atoms with van der Waals surface area (Å²) in [6.45, 7) is 0.373. The number of nitrogens with two attached hydrogens (primary N) is 1. The lowest BCUT2D eigenvalue weighted by atomic mass is 10.2. The maximum absolute atomic E-state index is 5.69. The van der Waals surface area contributed by atoms with Crippen molar-refractivity contribution < 1.29 is 4.74 Å². The third kappa shape index (κ3) is 4.52. The van der Waals surface area contributed by atoms with Gasteiger partial charge in [-0.3, -0.25) is 4.99 Å². The normalized spacial score (nSPS) is 10.5. The highest BCUT2D eigenvalue weighted by Gasteiger charge is 1.96. The number of benzene rings is 2. The summed E-state index contributed by atoms with van der Waals surface area (Å²) in [5.74, 6) is 1.61. The van der Waals surface area contributed by atoms with E-state index in [0.29, 0.717) is 11.5 Å². The molecule has 3 nitrogen and oxygen atoms in total. The van der Waals surface area contributed by atoms with Gasteiger partial charge in [-0.1, -0.05) is 30.4 Å². The summed E-state index contributed by atoms with van der Waals surface area (Å²) in [4.78, 5) is 4.51. The number of aliphatic imine (C=N–C) groups is 1. The van der Waals surface area contributed by atoms with E-state index in [9.17, 15) is 0 Å². The van der Waals surface area contributed by atoms with Crippen LogP contribution in [0.25, 0.3) is 0 Å². The molecule has 0 saturated heterocycles. The smallest absolute Gasteiger partial charge is 0.127 e. The van der Waals surface area contributed by atoms with Gasteiger partial charge in [0.05, 0.1) is 11.5 Å². The van der Waals surface area contributed by atoms with E-state index in [2.05, 4.69) is 4.99 Å². The average molecular weight is 270 g/mol. The lowest BCUT2D eigenvalue weighted by Gasteiger charge is -2.05. The van der Waals surface area contributed by atoms with Crippen molar-refractivity contribution >= 4 is 23.4 Å². The van der Waals surface area contributed by atoms with Gasteiger partial charge in [-0.15, -0.1) is 0 Å². The first-order valence-corrected chi connectivity index (χ1v) is 6.26. The molecule has 0 atom stereocenters. The van der Waals surface area contributed by atoms with E-state index < -0.39 is 0 Å². The van der Waals surface area contributed by atoms with Gasteiger partial charge < -0.3 is 10.5 Å². The summed E-state index contributed by atoms with van der Waals surface area (Å²) in [6.07, 6.45) is 1.74. The Bertz CT molecular complexity index is 564. The van der Waals surface area contributed by atoms with E-state index in [4.69, 9.17) is 22.7 Å². The molecule has 0 fully saturated rings. The standard InChI is InChI=1S/C15H14N2OS/c16-15(19)11-17-10-12-6-8-14(9-7-12)18-13-4-2-1-3-5-13/h1-10H,11H2,(H2,16,19). The Labute approximate surface area is 117 Å². The van der Waals surface area contributed by atoms with Crippen molar-refractivity contribution in [3.8, 4) is 11.5 Å². The van der Waals surface area contributed by atoms with Crippen LogP contribution in [-0.2, 0) is 0 Å². The summed E-state index contributed by atoms with van der Waals surface area (Å²) in [5.41, 5.74) is 6.35. The zero-order valence-electron chi connectivity index (χ0n) is 10.3. The second-order valence-electron chi connectivity index (χ2n) is 3.92. The summed E-state index contributed by atoms with van der Waals surface area (Å²) >= 11 is 4.75. The molecule has 2 N–H and O–H groups in total. The maximum atomic E-state index is 5.69. The van der Waals surface area contributed by atoms with Gasteiger partial charge in [0.1, 0.15) is 11.5 Å². The molecule has 0 aromatic heterocycles. The first-order chi connectivity index (χ1) is 9.24. The summed E-state index contributed by atoms with van der Waals surface area (Å²) in [6, 6.07) is 17.3. The number of nitrogens with zero attached hydrogens (tertiary/aromatic N) is 1. The van der Waals surface area contributed by atoms with Gasteiger partial charge in [0, 0.05) is 6.21 Å². The molecular formula is C15H14N2OS. The highest BCUT2D eigenvalue weighted by atomic mass is 32.1. The molecular weight excluding hydrogens is 256 g/mol. The monoisotopic (exact) mass is 270 g/mol. The topological polar surface area (TPSA) is 47.6 Å². The van der Waals surface area contributed by atoms with Gasteiger partial charge in [-0.2, -0.15) is 0 Å². The van der Waals surface area contributed by atoms with E-state index >= 15 is 0 Å². The lowest BCUT2D eigenvalue weighted by molar-refractivity contribution is 0.482. The molecule has 2 aromatic carbocycles. The fourth-order valence-electron chi connectivity index (χ4n) is 1.49. The first-order valence-electron chi connectivity index (χ1n) is 5.85. The van der Waals surface area contributed by atoms with Crippen LogP contribution in [0.15, 0.2) is 59.6 Å². The predicted octanol–water partition coefficient (Wildman–Crippen LogP) is 3.18. The third-order valence-electron chi connectivity index (χ3n) is 2.35. The highest BCUT2D eigenvalue weighted by molar-refractivity contribution is 7.80. The second kappa shape index (κ2) is 6.66. The highest BCUT2D eigenvalue weighted by Crippen LogP contribution is 2.20. The molecule has 4 heteroatoms. The van der Waals surface area contributed by atoms with Gasteiger partial charge in [0.2, 0.25) is 0 Å². The largest absolute Gasteiger partial charge is 0.457 e. The van der Waals surface area contributed by atoms with Gasteiger partial charge >= 0.3 is 0 Å². The second-order valence-corrected chi connectivity index (χ2v) is 4.44. The number of thiocarbonyl (C=S) groups is 1. The third-order valence-corrected chi connectivity index (χ3v) is 2.48. The van der Waals surface area contributed by atoms with Crippen LogP contribution in [0.5, 0.6) is 11.5 Å². The van der Waals surface area contributed by atoms with Gasteiger partial charge in [0.15, 0.2) is 0 Å². The summed E-state index contributed by atoms with van der Waals surface area (Å²) < 4.78 is 5.69. The molecule has 2 aromatic rings. The molecule has 0 radical (unpaired) electrons. The lowest BCUT2D eigenvalue weighted by Crippen LogP contribution is -2.11. The molecule has 2 rings (SSSR count). The minimum absolute atomic E-state index is 0.373. The molecule has 0 heterocycles. The van der Waals surface area contributed by atoms with Crippen molar-refractivity contribution in [2.75, 3.05) is 6.54 Å². The van der Waals surface area contributed by atoms with Gasteiger partial charge in [-0.25, -0.2) is 0 Å². The summed E-state index contributed by atoms with van der Waals surface area (Å²) in [5, 5.41) is 0. The minimum Gasteiger partial charge on any atom is -0.457 e. The molecule has 0 spiro atoms. The maximum Gasteiger partial charge on any atom is 0.127 e. The van der Waals surface area contributed by atoms with Crippen LogP contribution in [0.3, 0.4) is 0 Å². The van der Waals surface area contributed by atoms with Crippen molar-refractivity contribution in [3.63, 3.8) is 0 Å². The number of ether oxygens (including phenoxy) is 1. The number of hydrogen-bond acceptors (Lipinski definition) is 3. The molecule has 0 bridgehead atoms. The molecule has 0 saturated carbocycles. The SMILES string of the molecule is NC(=S)CN=Cc1ccc(Oc2ccccc2)cc1. The molecule has 19 heavy (non-hydrogen) atoms. The van der Waals surface area contributed by atoms with Crippen LogP contribution in [0.2, 0.25) is 0 Å². The molecule has 96 valence electrons. The molecule has 0 aliphatic carbocycles. The van der Waals surface area contributed by atoms with Crippen LogP contribution >= 0.6 is 12.2 Å². The van der Waals surface area contributed by atoms with Crippen LogP contribution in [0.1, 0.15) is 5.56 Å². The molecule has 0 unspecified atom stereocenters. The van der Waals surface area contributed by atoms with Gasteiger partial charge in [-0.05, 0) is 42.0 Å². The number of hydrogen-bond donors (Lipinski definition) is 1. The average Bonchev–Trinajstić information content (AvgIpc) is 2.42. The molecule has 0 amide bonds. The minimum atomic E-state index is 0.373. The van der Waals surface area contributed by atoms with Crippen molar-refractivity contribution in [1.29, 1.82) is 0 Å². The Kier molecular flexibility index (Phi) is 4.64. The van der Waals surface area contributed by atoms with Crippen molar-refractivity contribution in [1.82, 2.24) is 0 Å². The van der Waals surface area contributed by atoms with Crippen LogP contribution < -0.4 is 10.5 Å². The fraction of sp³-hybridized carbons (Fsp3) is 0.0667. The summed E-state index contributed by atoms with van der Waals surface area (Å²) in [7, 11) is 0. The fourth-order valence-corrected chi connectivity index (χ4v) is 1.56. The Morgan fingerprint density at radius 3 is 2.32 bits per heavy atom. The molecule has 0 aliphatic heterocycles. The first kappa shape index (κ1) is 13.2. The van der Waals surface area contributed by atoms with Crippen LogP contribution in [0.4, 0.5) is 0 Å². The van der Waals surface area contributed by atoms with E-state index in [-0.39, 0.29) is 0 Å². The van der Waals surface area contributed by atoms with E-state index in [1.807, 2.05) is 54.6 Å². The number of para-hydroxylation sites is 1. The van der Waals surface area contributed by atoms with Gasteiger partial charge in [0.25, 0.3) is 0 Å². The van der Waals surface area contributed by atoms with Crippen molar-refractivity contribution in [3.05, 3.63) is 60.2 Å². The van der Waals surface area contributed by atoms with Crippen molar-refractivity contribution in [2.45, 2.75) is 0 Å². The van der Waals surface area contributed by atoms with Crippen LogP contribution in [0, 0.1) is 0 Å². The van der Waals surface area contributed by atoms with E-state index in [1.54, 1.807) is 6.21 Å². The Balaban J connectivity index is 1.98. The Hall–Kier alpha value is -2.20. The van der Waals surface area contributed by atoms with E-state index in [1.165, 1.54) is 0 Å². The quantitative estimate of drug-likeness (QED) is 0.670. The van der Waals surface area contributed by atoms with Crippen LogP contribution in [-0.4, -0.2) is 17.7 Å². The Morgan fingerprint density at radius 1 is 1.05 bits per heavy atom. The number of rotatable bonds is 5. The predicted molar refractivity (Wildman–Crippen MR) is 82.2 cm³/mol. The van der Waals surface area contributed by atoms with Crippen molar-refractivity contribution in [2.24, 2.45) is 10.7 Å². The zero-order valence-corrected chi connectivity index (χ0v) is 11.1.